The van der Waals surface area contributed by atoms with E-state index >= 15 is 0 Å². The van der Waals surface area contributed by atoms with Crippen molar-refractivity contribution in [2.45, 2.75) is 85.6 Å². The van der Waals surface area contributed by atoms with Gasteiger partial charge in [-0.25, -0.2) is 0 Å². The van der Waals surface area contributed by atoms with E-state index < -0.39 is 0 Å². The van der Waals surface area contributed by atoms with Gasteiger partial charge in [-0.1, -0.05) is 25.5 Å². The van der Waals surface area contributed by atoms with E-state index in [2.05, 4.69) is 38.0 Å². The standard InChI is InChI=1S/C26H38N2O/c1-16-5-7-20-19(13-16)6-8-22-21(20)11-12-26(4)23(22)9-10-24(26)25(29)15-28-18(3)14-17(2)27-28/h6,14,16,20-24H,5,7-13,15H2,1-4H3. The first-order valence-electron chi connectivity index (χ1n) is 12.1. The van der Waals surface area contributed by atoms with Gasteiger partial charge < -0.3 is 0 Å². The minimum Gasteiger partial charge on any atom is -0.297 e. The van der Waals surface area contributed by atoms with Gasteiger partial charge in [-0.2, -0.15) is 5.10 Å². The van der Waals surface area contributed by atoms with Crippen LogP contribution in [0.25, 0.3) is 0 Å². The average Bonchev–Trinajstić information content (AvgIpc) is 3.19. The molecule has 1 aromatic rings. The van der Waals surface area contributed by atoms with Gasteiger partial charge in [-0.05, 0) is 106 Å². The predicted octanol–water partition coefficient (Wildman–Crippen LogP) is 5.89. The van der Waals surface area contributed by atoms with Gasteiger partial charge in [0.25, 0.3) is 0 Å². The Morgan fingerprint density at radius 3 is 2.76 bits per heavy atom. The molecule has 5 rings (SSSR count). The summed E-state index contributed by atoms with van der Waals surface area (Å²) in [5.41, 5.74) is 4.12. The van der Waals surface area contributed by atoms with Gasteiger partial charge in [-0.3, -0.25) is 9.48 Å². The van der Waals surface area contributed by atoms with Crippen molar-refractivity contribution in [3.05, 3.63) is 29.1 Å². The number of fused-ring (bicyclic) bond motifs is 5. The number of hydrogen-bond donors (Lipinski definition) is 0. The van der Waals surface area contributed by atoms with Crippen LogP contribution in [0.15, 0.2) is 17.7 Å². The molecular weight excluding hydrogens is 356 g/mol. The summed E-state index contributed by atoms with van der Waals surface area (Å²) in [4.78, 5) is 13.4. The maximum Gasteiger partial charge on any atom is 0.157 e. The molecule has 0 saturated heterocycles. The Hall–Kier alpha value is -1.38. The molecule has 0 spiro atoms. The van der Waals surface area contributed by atoms with Crippen LogP contribution < -0.4 is 0 Å². The largest absolute Gasteiger partial charge is 0.297 e. The van der Waals surface area contributed by atoms with Crippen LogP contribution in [0.1, 0.15) is 76.6 Å². The highest BCUT2D eigenvalue weighted by Crippen LogP contribution is 2.63. The molecule has 0 bridgehead atoms. The summed E-state index contributed by atoms with van der Waals surface area (Å²) in [6.07, 6.45) is 13.1. The molecule has 3 fully saturated rings. The van der Waals surface area contributed by atoms with Crippen molar-refractivity contribution < 1.29 is 4.79 Å². The van der Waals surface area contributed by atoms with Crippen LogP contribution in [0.3, 0.4) is 0 Å². The number of hydrogen-bond acceptors (Lipinski definition) is 2. The Morgan fingerprint density at radius 2 is 2.00 bits per heavy atom. The smallest absolute Gasteiger partial charge is 0.157 e. The van der Waals surface area contributed by atoms with Gasteiger partial charge in [0.05, 0.1) is 5.69 Å². The van der Waals surface area contributed by atoms with Crippen molar-refractivity contribution in [2.24, 2.45) is 40.9 Å². The molecule has 0 amide bonds. The zero-order valence-electron chi connectivity index (χ0n) is 18.8. The lowest BCUT2D eigenvalue weighted by molar-refractivity contribution is -0.129. The number of ketones is 1. The monoisotopic (exact) mass is 394 g/mol. The molecule has 1 aromatic heterocycles. The number of Topliss-reactive ketones (excluding diaryl/α,β-unsaturated/α-hetero) is 1. The fourth-order valence-corrected chi connectivity index (χ4v) is 8.09. The van der Waals surface area contributed by atoms with Crippen LogP contribution in [-0.2, 0) is 11.3 Å². The highest BCUT2D eigenvalue weighted by Gasteiger charge is 2.57. The van der Waals surface area contributed by atoms with E-state index in [9.17, 15) is 4.79 Å². The summed E-state index contributed by atoms with van der Waals surface area (Å²) >= 11 is 0. The van der Waals surface area contributed by atoms with Crippen molar-refractivity contribution in [1.29, 1.82) is 0 Å². The Kier molecular flexibility index (Phi) is 4.79. The molecule has 3 heteroatoms. The van der Waals surface area contributed by atoms with Gasteiger partial charge in [0.15, 0.2) is 5.78 Å². The van der Waals surface area contributed by atoms with Crippen molar-refractivity contribution in [2.75, 3.05) is 0 Å². The summed E-state index contributed by atoms with van der Waals surface area (Å²) in [6, 6.07) is 2.08. The summed E-state index contributed by atoms with van der Waals surface area (Å²) in [5, 5.41) is 4.55. The van der Waals surface area contributed by atoms with Gasteiger partial charge in [-0.15, -0.1) is 0 Å². The topological polar surface area (TPSA) is 34.9 Å². The molecule has 7 unspecified atom stereocenters. The number of carbonyl (C=O) groups is 1. The maximum atomic E-state index is 13.4. The Bertz CT molecular complexity index is 836. The quantitative estimate of drug-likeness (QED) is 0.599. The lowest BCUT2D eigenvalue weighted by Crippen LogP contribution is -2.47. The summed E-state index contributed by atoms with van der Waals surface area (Å²) in [7, 11) is 0. The van der Waals surface area contributed by atoms with E-state index in [1.54, 1.807) is 5.57 Å². The molecular formula is C26H38N2O. The van der Waals surface area contributed by atoms with Gasteiger partial charge >= 0.3 is 0 Å². The number of allylic oxidation sites excluding steroid dienone is 2. The number of nitrogens with zero attached hydrogens (tertiary/aromatic N) is 2. The third kappa shape index (κ3) is 3.15. The van der Waals surface area contributed by atoms with Crippen molar-refractivity contribution in [3.63, 3.8) is 0 Å². The van der Waals surface area contributed by atoms with Gasteiger partial charge in [0, 0.05) is 11.6 Å². The second-order valence-corrected chi connectivity index (χ2v) is 11.2. The molecule has 0 radical (unpaired) electrons. The Morgan fingerprint density at radius 1 is 1.17 bits per heavy atom. The predicted molar refractivity (Wildman–Crippen MR) is 116 cm³/mol. The fraction of sp³-hybridized carbons (Fsp3) is 0.769. The first-order chi connectivity index (χ1) is 13.9. The van der Waals surface area contributed by atoms with E-state index in [4.69, 9.17) is 0 Å². The number of aryl methyl sites for hydroxylation is 2. The molecule has 29 heavy (non-hydrogen) atoms. The number of carbonyl (C=O) groups excluding carboxylic acids is 1. The van der Waals surface area contributed by atoms with Crippen molar-refractivity contribution in [1.82, 2.24) is 9.78 Å². The molecule has 4 aliphatic carbocycles. The molecule has 158 valence electrons. The lowest BCUT2D eigenvalue weighted by atomic mass is 9.51. The lowest BCUT2D eigenvalue weighted by Gasteiger charge is -2.53. The second kappa shape index (κ2) is 7.10. The SMILES string of the molecule is Cc1cc(C)n(CC(=O)C2CCC3C4CC=C5CC(C)CCC5C4CCC23C)n1. The third-order valence-electron chi connectivity index (χ3n) is 9.49. The number of rotatable bonds is 3. The van der Waals surface area contributed by atoms with Crippen LogP contribution in [0.5, 0.6) is 0 Å². The van der Waals surface area contributed by atoms with Crippen LogP contribution in [0, 0.1) is 54.8 Å². The first kappa shape index (κ1) is 19.6. The number of aromatic nitrogens is 2. The third-order valence-corrected chi connectivity index (χ3v) is 9.49. The molecule has 0 aliphatic heterocycles. The fourth-order valence-electron chi connectivity index (χ4n) is 8.09. The normalized spacial score (nSPS) is 41.3. The maximum absolute atomic E-state index is 13.4. The Balaban J connectivity index is 1.35. The highest BCUT2D eigenvalue weighted by molar-refractivity contribution is 5.82. The summed E-state index contributed by atoms with van der Waals surface area (Å²) in [5.74, 6) is 4.86. The van der Waals surface area contributed by atoms with E-state index in [1.165, 1.54) is 44.9 Å². The zero-order valence-corrected chi connectivity index (χ0v) is 18.8. The second-order valence-electron chi connectivity index (χ2n) is 11.2. The van der Waals surface area contributed by atoms with Crippen LogP contribution >= 0.6 is 0 Å². The van der Waals surface area contributed by atoms with E-state index in [-0.39, 0.29) is 11.3 Å². The minimum atomic E-state index is 0.210. The van der Waals surface area contributed by atoms with Gasteiger partial charge in [0.1, 0.15) is 6.54 Å². The summed E-state index contributed by atoms with van der Waals surface area (Å²) in [6.45, 7) is 9.43. The van der Waals surface area contributed by atoms with Gasteiger partial charge in [0.2, 0.25) is 0 Å². The molecule has 3 saturated carbocycles. The van der Waals surface area contributed by atoms with Crippen LogP contribution in [0.4, 0.5) is 0 Å². The van der Waals surface area contributed by atoms with Crippen LogP contribution in [0.2, 0.25) is 0 Å². The molecule has 7 atom stereocenters. The summed E-state index contributed by atoms with van der Waals surface area (Å²) < 4.78 is 1.93. The van der Waals surface area contributed by atoms with E-state index in [1.807, 2.05) is 11.6 Å². The van der Waals surface area contributed by atoms with Crippen molar-refractivity contribution in [3.8, 4) is 0 Å². The molecule has 4 aliphatic rings. The molecule has 0 N–H and O–H groups in total. The minimum absolute atomic E-state index is 0.210. The zero-order chi connectivity index (χ0) is 20.3. The Labute approximate surface area is 176 Å². The van der Waals surface area contributed by atoms with Crippen LogP contribution in [-0.4, -0.2) is 15.6 Å². The molecule has 1 heterocycles. The average molecular weight is 395 g/mol. The van der Waals surface area contributed by atoms with Crippen molar-refractivity contribution >= 4 is 5.78 Å². The molecule has 3 nitrogen and oxygen atoms in total. The first-order valence-corrected chi connectivity index (χ1v) is 12.1. The molecule has 0 aromatic carbocycles. The van der Waals surface area contributed by atoms with E-state index in [0.717, 1.165) is 47.4 Å². The highest BCUT2D eigenvalue weighted by atomic mass is 16.1. The van der Waals surface area contributed by atoms with E-state index in [0.29, 0.717) is 12.3 Å².